The summed E-state index contributed by atoms with van der Waals surface area (Å²) in [5.74, 6) is 0.295. The molecule has 0 fully saturated rings. The molecular formula is C13H11N5O3. The molecule has 0 aliphatic heterocycles. The van der Waals surface area contributed by atoms with Gasteiger partial charge >= 0.3 is 0 Å². The quantitative estimate of drug-likeness (QED) is 0.549. The molecule has 0 radical (unpaired) electrons. The molecule has 0 atom stereocenters. The summed E-state index contributed by atoms with van der Waals surface area (Å²) in [6.45, 7) is 0.247. The Hall–Kier alpha value is -3.00. The molecule has 1 amide bonds. The van der Waals surface area contributed by atoms with Crippen molar-refractivity contribution < 1.29 is 14.4 Å². The lowest BCUT2D eigenvalue weighted by atomic mass is 10.1. The van der Waals surface area contributed by atoms with Crippen LogP contribution in [0.3, 0.4) is 0 Å². The molecule has 2 heterocycles. The number of rotatable bonds is 4. The molecular weight excluding hydrogens is 274 g/mol. The lowest BCUT2D eigenvalue weighted by molar-refractivity contribution is 0.0705. The summed E-state index contributed by atoms with van der Waals surface area (Å²) >= 11 is 0. The van der Waals surface area contributed by atoms with Crippen molar-refractivity contribution in [2.75, 3.05) is 0 Å². The molecule has 0 bridgehead atoms. The molecule has 106 valence electrons. The number of furan rings is 1. The van der Waals surface area contributed by atoms with Gasteiger partial charge in [-0.05, 0) is 29.0 Å². The molecule has 2 N–H and O–H groups in total. The van der Waals surface area contributed by atoms with Gasteiger partial charge in [-0.3, -0.25) is 10.0 Å². The molecule has 0 aliphatic carbocycles. The van der Waals surface area contributed by atoms with E-state index < -0.39 is 5.91 Å². The minimum atomic E-state index is -0.586. The number of carbonyl (C=O) groups excluding carboxylic acids is 1. The van der Waals surface area contributed by atoms with E-state index in [9.17, 15) is 4.79 Å². The Balaban J connectivity index is 1.86. The molecule has 8 nitrogen and oxygen atoms in total. The van der Waals surface area contributed by atoms with E-state index in [0.717, 1.165) is 0 Å². The van der Waals surface area contributed by atoms with Crippen LogP contribution in [0.2, 0.25) is 0 Å². The van der Waals surface area contributed by atoms with Gasteiger partial charge in [-0.25, -0.2) is 5.48 Å². The van der Waals surface area contributed by atoms with Crippen molar-refractivity contribution >= 4 is 5.91 Å². The van der Waals surface area contributed by atoms with Crippen LogP contribution in [0.4, 0.5) is 0 Å². The predicted octanol–water partition coefficient (Wildman–Crippen LogP) is 1.10. The summed E-state index contributed by atoms with van der Waals surface area (Å²) < 4.78 is 5.19. The van der Waals surface area contributed by atoms with Crippen molar-refractivity contribution in [1.82, 2.24) is 25.7 Å². The molecule has 0 unspecified atom stereocenters. The lowest BCUT2D eigenvalue weighted by Crippen LogP contribution is -2.21. The number of amides is 1. The Morgan fingerprint density at radius 2 is 2.14 bits per heavy atom. The fourth-order valence-corrected chi connectivity index (χ4v) is 1.91. The zero-order valence-electron chi connectivity index (χ0n) is 10.8. The van der Waals surface area contributed by atoms with E-state index in [2.05, 4.69) is 15.4 Å². The second kappa shape index (κ2) is 5.55. The topological polar surface area (TPSA) is 106 Å². The van der Waals surface area contributed by atoms with Gasteiger partial charge in [-0.1, -0.05) is 18.2 Å². The standard InChI is InChI=1S/C13H11N5O3/c19-13(16-20)10-5-2-1-4-9(10)8-18-15-12(14-17-18)11-6-3-7-21-11/h1-7,20H,8H2,(H,16,19). The van der Waals surface area contributed by atoms with E-state index >= 15 is 0 Å². The van der Waals surface area contributed by atoms with Crippen molar-refractivity contribution in [3.63, 3.8) is 0 Å². The Kier molecular flexibility index (Phi) is 3.44. The molecule has 0 spiro atoms. The van der Waals surface area contributed by atoms with Gasteiger partial charge in [-0.2, -0.15) is 4.80 Å². The Morgan fingerprint density at radius 1 is 1.29 bits per heavy atom. The van der Waals surface area contributed by atoms with Crippen LogP contribution < -0.4 is 5.48 Å². The number of carbonyl (C=O) groups is 1. The molecule has 0 saturated heterocycles. The molecule has 0 saturated carbocycles. The van der Waals surface area contributed by atoms with Gasteiger partial charge in [0.2, 0.25) is 5.82 Å². The van der Waals surface area contributed by atoms with E-state index in [0.29, 0.717) is 22.7 Å². The van der Waals surface area contributed by atoms with Crippen LogP contribution in [0, 0.1) is 0 Å². The van der Waals surface area contributed by atoms with Gasteiger partial charge in [0.25, 0.3) is 5.91 Å². The number of nitrogens with zero attached hydrogens (tertiary/aromatic N) is 4. The van der Waals surface area contributed by atoms with Gasteiger partial charge in [0, 0.05) is 5.56 Å². The SMILES string of the molecule is O=C(NO)c1ccccc1Cn1nnc(-c2ccco2)n1. The van der Waals surface area contributed by atoms with Crippen molar-refractivity contribution in [3.8, 4) is 11.6 Å². The average molecular weight is 285 g/mol. The van der Waals surface area contributed by atoms with Gasteiger partial charge in [0.05, 0.1) is 12.8 Å². The third-order valence-corrected chi connectivity index (χ3v) is 2.87. The number of aromatic nitrogens is 4. The maximum absolute atomic E-state index is 11.6. The largest absolute Gasteiger partial charge is 0.461 e. The highest BCUT2D eigenvalue weighted by atomic mass is 16.5. The monoisotopic (exact) mass is 285 g/mol. The van der Waals surface area contributed by atoms with Crippen LogP contribution >= 0.6 is 0 Å². The number of nitrogens with one attached hydrogen (secondary N) is 1. The van der Waals surface area contributed by atoms with E-state index in [1.165, 1.54) is 11.1 Å². The summed E-state index contributed by atoms with van der Waals surface area (Å²) in [4.78, 5) is 12.9. The summed E-state index contributed by atoms with van der Waals surface area (Å²) in [7, 11) is 0. The first-order valence-electron chi connectivity index (χ1n) is 6.12. The van der Waals surface area contributed by atoms with Crippen LogP contribution in [0.25, 0.3) is 11.6 Å². The minimum Gasteiger partial charge on any atom is -0.461 e. The Morgan fingerprint density at radius 3 is 2.90 bits per heavy atom. The second-order valence-electron chi connectivity index (χ2n) is 4.22. The Labute approximate surface area is 119 Å². The summed E-state index contributed by atoms with van der Waals surface area (Å²) in [6, 6.07) is 10.3. The normalized spacial score (nSPS) is 10.5. The summed E-state index contributed by atoms with van der Waals surface area (Å²) in [5.41, 5.74) is 2.62. The molecule has 3 rings (SSSR count). The average Bonchev–Trinajstić information content (AvgIpc) is 3.18. The van der Waals surface area contributed by atoms with Crippen molar-refractivity contribution in [1.29, 1.82) is 0 Å². The third kappa shape index (κ3) is 2.65. The highest BCUT2D eigenvalue weighted by Gasteiger charge is 2.13. The Bertz CT molecular complexity index is 751. The highest BCUT2D eigenvalue weighted by molar-refractivity contribution is 5.94. The molecule has 0 aliphatic rings. The lowest BCUT2D eigenvalue weighted by Gasteiger charge is -2.06. The predicted molar refractivity (Wildman–Crippen MR) is 70.3 cm³/mol. The van der Waals surface area contributed by atoms with Gasteiger partial charge < -0.3 is 4.42 Å². The van der Waals surface area contributed by atoms with Crippen molar-refractivity contribution in [2.24, 2.45) is 0 Å². The smallest absolute Gasteiger partial charge is 0.274 e. The van der Waals surface area contributed by atoms with Crippen LogP contribution in [-0.4, -0.2) is 31.3 Å². The first kappa shape index (κ1) is 13.0. The van der Waals surface area contributed by atoms with Gasteiger partial charge in [0.1, 0.15) is 0 Å². The number of hydrogen-bond acceptors (Lipinski definition) is 6. The molecule has 2 aromatic heterocycles. The molecule has 8 heteroatoms. The maximum atomic E-state index is 11.6. The second-order valence-corrected chi connectivity index (χ2v) is 4.22. The van der Waals surface area contributed by atoms with Crippen LogP contribution in [0.5, 0.6) is 0 Å². The van der Waals surface area contributed by atoms with E-state index in [1.807, 2.05) is 0 Å². The fraction of sp³-hybridized carbons (Fsp3) is 0.0769. The molecule has 3 aromatic rings. The molecule has 21 heavy (non-hydrogen) atoms. The van der Waals surface area contributed by atoms with Crippen molar-refractivity contribution in [2.45, 2.75) is 6.54 Å². The van der Waals surface area contributed by atoms with Gasteiger partial charge in [-0.15, -0.1) is 10.2 Å². The van der Waals surface area contributed by atoms with E-state index in [4.69, 9.17) is 9.62 Å². The van der Waals surface area contributed by atoms with Crippen molar-refractivity contribution in [3.05, 3.63) is 53.8 Å². The fourth-order valence-electron chi connectivity index (χ4n) is 1.91. The summed E-state index contributed by atoms with van der Waals surface area (Å²) in [5, 5.41) is 20.7. The number of hydroxylamine groups is 1. The first-order chi connectivity index (χ1) is 10.3. The zero-order chi connectivity index (χ0) is 14.7. The first-order valence-corrected chi connectivity index (χ1v) is 6.12. The minimum absolute atomic E-state index is 0.247. The zero-order valence-corrected chi connectivity index (χ0v) is 10.8. The highest BCUT2D eigenvalue weighted by Crippen LogP contribution is 2.14. The third-order valence-electron chi connectivity index (χ3n) is 2.87. The molecule has 1 aromatic carbocycles. The van der Waals surface area contributed by atoms with Gasteiger partial charge in [0.15, 0.2) is 5.76 Å². The number of tetrazole rings is 1. The summed E-state index contributed by atoms with van der Waals surface area (Å²) in [6.07, 6.45) is 1.52. The van der Waals surface area contributed by atoms with Crippen LogP contribution in [0.1, 0.15) is 15.9 Å². The van der Waals surface area contributed by atoms with Crippen LogP contribution in [-0.2, 0) is 6.54 Å². The number of benzene rings is 1. The maximum Gasteiger partial charge on any atom is 0.274 e. The van der Waals surface area contributed by atoms with E-state index in [1.54, 1.807) is 41.9 Å². The van der Waals surface area contributed by atoms with Crippen LogP contribution in [0.15, 0.2) is 47.1 Å². The number of hydrogen-bond donors (Lipinski definition) is 2. The van der Waals surface area contributed by atoms with E-state index in [-0.39, 0.29) is 6.54 Å².